The molecule has 2 aliphatic heterocycles. The van der Waals surface area contributed by atoms with Crippen molar-refractivity contribution in [2.45, 2.75) is 6.92 Å². The van der Waals surface area contributed by atoms with Crippen LogP contribution >= 0.6 is 0 Å². The number of fused-ring (bicyclic) bond motifs is 6. The first-order valence-corrected chi connectivity index (χ1v) is 20.0. The van der Waals surface area contributed by atoms with Crippen LogP contribution in [0.3, 0.4) is 0 Å². The Morgan fingerprint density at radius 3 is 1.51 bits per heavy atom. The Bertz CT molecular complexity index is 2440. The van der Waals surface area contributed by atoms with Crippen LogP contribution in [0.25, 0.3) is 22.3 Å². The fraction of sp³-hybridized carbons (Fsp3) is 0.0204. The van der Waals surface area contributed by atoms with Crippen LogP contribution in [0, 0.1) is 0 Å². The van der Waals surface area contributed by atoms with Crippen molar-refractivity contribution in [1.29, 1.82) is 0 Å². The lowest BCUT2D eigenvalue weighted by molar-refractivity contribution is 0.425. The predicted molar refractivity (Wildman–Crippen MR) is 222 cm³/mol. The van der Waals surface area contributed by atoms with E-state index in [9.17, 15) is 0 Å². The highest BCUT2D eigenvalue weighted by Gasteiger charge is 2.53. The first-order chi connectivity index (χ1) is 26.2. The Labute approximate surface area is 312 Å². The van der Waals surface area contributed by atoms with Crippen molar-refractivity contribution in [1.82, 2.24) is 0 Å². The van der Waals surface area contributed by atoms with Gasteiger partial charge in [0.2, 0.25) is 0 Å². The molecule has 2 heterocycles. The van der Waals surface area contributed by atoms with Gasteiger partial charge in [-0.05, 0) is 92.4 Å². The molecule has 53 heavy (non-hydrogen) atoms. The van der Waals surface area contributed by atoms with Gasteiger partial charge in [-0.15, -0.1) is 0 Å². The van der Waals surface area contributed by atoms with Crippen LogP contribution in [0.4, 0.5) is 17.1 Å². The van der Waals surface area contributed by atoms with Crippen molar-refractivity contribution in [3.8, 4) is 39.5 Å². The number of hydrogen-bond acceptors (Lipinski definition) is 3. The molecule has 2 aliphatic rings. The molecule has 0 fully saturated rings. The number of anilines is 3. The fourth-order valence-corrected chi connectivity index (χ4v) is 13.2. The third-order valence-electron chi connectivity index (χ3n) is 10.3. The van der Waals surface area contributed by atoms with E-state index in [2.05, 4.69) is 200 Å². The molecule has 1 atom stereocenters. The van der Waals surface area contributed by atoms with Crippen LogP contribution < -0.4 is 29.9 Å². The van der Waals surface area contributed by atoms with Crippen molar-refractivity contribution in [3.05, 3.63) is 212 Å². The van der Waals surface area contributed by atoms with Gasteiger partial charge in [0.15, 0.2) is 13.8 Å². The molecule has 9 rings (SSSR count). The van der Waals surface area contributed by atoms with Crippen molar-refractivity contribution >= 4 is 40.7 Å². The molecule has 0 amide bonds. The summed E-state index contributed by atoms with van der Waals surface area (Å²) in [4.78, 5) is 2.33. The zero-order valence-electron chi connectivity index (χ0n) is 29.4. The predicted octanol–water partition coefficient (Wildman–Crippen LogP) is 11.0. The second-order valence-electron chi connectivity index (χ2n) is 13.3. The lowest BCUT2D eigenvalue weighted by Gasteiger charge is -2.44. The Morgan fingerprint density at radius 1 is 0.491 bits per heavy atom. The summed E-state index contributed by atoms with van der Waals surface area (Å²) < 4.78 is 13.7. The van der Waals surface area contributed by atoms with Crippen molar-refractivity contribution in [2.75, 3.05) is 4.90 Å². The van der Waals surface area contributed by atoms with E-state index in [1.165, 1.54) is 43.0 Å². The highest BCUT2D eigenvalue weighted by molar-refractivity contribution is 7.18. The highest BCUT2D eigenvalue weighted by Crippen LogP contribution is 2.46. The Kier molecular flexibility index (Phi) is 8.22. The van der Waals surface area contributed by atoms with E-state index in [1.54, 1.807) is 0 Å². The van der Waals surface area contributed by atoms with Gasteiger partial charge in [0, 0.05) is 11.4 Å². The molecule has 0 N–H and O–H groups in total. The first-order valence-electron chi connectivity index (χ1n) is 18.0. The molecular weight excluding hydrogens is 663 g/mol. The minimum absolute atomic E-state index is 0.853. The minimum Gasteiger partial charge on any atom is -0.462 e. The van der Waals surface area contributed by atoms with Gasteiger partial charge in [0.05, 0.1) is 5.69 Å². The average Bonchev–Trinajstić information content (AvgIpc) is 3.22. The molecule has 0 saturated carbocycles. The van der Waals surface area contributed by atoms with Crippen LogP contribution in [0.5, 0.6) is 17.2 Å². The monoisotopic (exact) mass is 699 g/mol. The van der Waals surface area contributed by atoms with Gasteiger partial charge < -0.3 is 14.4 Å². The molecule has 0 bridgehead atoms. The summed E-state index contributed by atoms with van der Waals surface area (Å²) in [6, 6.07) is 62.4. The molecule has 7 aromatic carbocycles. The van der Waals surface area contributed by atoms with Gasteiger partial charge in [-0.1, -0.05) is 158 Å². The Morgan fingerprint density at radius 2 is 0.962 bits per heavy atom. The third-order valence-corrected chi connectivity index (χ3v) is 15.3. The normalized spacial score (nSPS) is 15.6. The number of para-hydroxylation sites is 3. The summed E-state index contributed by atoms with van der Waals surface area (Å²) in [7, 11) is -2.98. The molecule has 0 aromatic heterocycles. The maximum atomic E-state index is 7.13. The molecule has 1 spiro atoms. The van der Waals surface area contributed by atoms with Crippen molar-refractivity contribution in [3.63, 3.8) is 0 Å². The van der Waals surface area contributed by atoms with Crippen LogP contribution in [0.15, 0.2) is 212 Å². The molecule has 1 unspecified atom stereocenters. The standard InChI is InChI=1S/C49H37NO2Si/c1-3-4-23-45-35(2)51-43-21-11-13-24-46(43)53(45)47-25-14-12-22-44(47)52-49-42(20-15-26-48(49)53)50(40-31-27-38(28-32-40)36-16-7-5-8-17-36)41-33-29-39(30-34-41)37-18-9-6-10-19-37/h3-34H,1H2,2H3/b23-4-. The van der Waals surface area contributed by atoms with Crippen molar-refractivity contribution in [2.24, 2.45) is 0 Å². The highest BCUT2D eigenvalue weighted by atomic mass is 28.3. The number of hydrogen-bond donors (Lipinski definition) is 0. The summed E-state index contributed by atoms with van der Waals surface area (Å²) in [6.07, 6.45) is 6.07. The molecule has 0 aliphatic carbocycles. The minimum atomic E-state index is -2.98. The summed E-state index contributed by atoms with van der Waals surface area (Å²) in [5.41, 5.74) is 7.74. The second-order valence-corrected chi connectivity index (χ2v) is 17.0. The van der Waals surface area contributed by atoms with E-state index in [-0.39, 0.29) is 0 Å². The van der Waals surface area contributed by atoms with Gasteiger partial charge in [0.1, 0.15) is 17.3 Å². The Balaban J connectivity index is 1.30. The summed E-state index contributed by atoms with van der Waals surface area (Å²) in [5.74, 6) is 3.51. The quantitative estimate of drug-likeness (QED) is 0.122. The number of rotatable bonds is 7. The summed E-state index contributed by atoms with van der Waals surface area (Å²) >= 11 is 0. The van der Waals surface area contributed by atoms with Gasteiger partial charge in [-0.3, -0.25) is 0 Å². The maximum Gasteiger partial charge on any atom is 0.196 e. The first kappa shape index (κ1) is 32.3. The maximum absolute atomic E-state index is 7.13. The van der Waals surface area contributed by atoms with Crippen LogP contribution in [0.1, 0.15) is 6.92 Å². The summed E-state index contributed by atoms with van der Waals surface area (Å²) in [6.45, 7) is 6.11. The van der Waals surface area contributed by atoms with E-state index >= 15 is 0 Å². The van der Waals surface area contributed by atoms with E-state index in [0.717, 1.165) is 40.1 Å². The molecule has 7 aromatic rings. The van der Waals surface area contributed by atoms with Crippen LogP contribution in [-0.2, 0) is 0 Å². The average molecular weight is 700 g/mol. The number of nitrogens with zero attached hydrogens (tertiary/aromatic N) is 1. The third kappa shape index (κ3) is 5.43. The zero-order valence-corrected chi connectivity index (χ0v) is 30.4. The topological polar surface area (TPSA) is 21.7 Å². The molecule has 4 heteroatoms. The van der Waals surface area contributed by atoms with Gasteiger partial charge >= 0.3 is 0 Å². The Hall–Kier alpha value is -6.62. The zero-order chi connectivity index (χ0) is 35.8. The fourth-order valence-electron chi connectivity index (χ4n) is 8.00. The van der Waals surface area contributed by atoms with Gasteiger partial charge in [-0.2, -0.15) is 0 Å². The van der Waals surface area contributed by atoms with E-state index in [4.69, 9.17) is 9.47 Å². The molecular formula is C49H37NO2Si. The van der Waals surface area contributed by atoms with E-state index in [1.807, 2.05) is 12.2 Å². The van der Waals surface area contributed by atoms with E-state index in [0.29, 0.717) is 0 Å². The van der Waals surface area contributed by atoms with Gasteiger partial charge in [-0.25, -0.2) is 0 Å². The number of ether oxygens (including phenoxy) is 2. The molecule has 0 saturated heterocycles. The summed E-state index contributed by atoms with van der Waals surface area (Å²) in [5, 5.41) is 4.76. The lowest BCUT2D eigenvalue weighted by Crippen LogP contribution is -2.71. The molecule has 3 nitrogen and oxygen atoms in total. The SMILES string of the molecule is C=C/C=C\C1=C(C)Oc2ccccc2[Si]12c1ccccc1Oc1c(N(c3ccc(-c4ccccc4)cc3)c3ccc(-c4ccccc4)cc3)cccc12. The van der Waals surface area contributed by atoms with Crippen LogP contribution in [-0.4, -0.2) is 8.07 Å². The second kappa shape index (κ2) is 13.5. The largest absolute Gasteiger partial charge is 0.462 e. The molecule has 0 radical (unpaired) electrons. The lowest BCUT2D eigenvalue weighted by atomic mass is 10.0. The van der Waals surface area contributed by atoms with Gasteiger partial charge in [0.25, 0.3) is 0 Å². The van der Waals surface area contributed by atoms with Crippen LogP contribution in [0.2, 0.25) is 0 Å². The van der Waals surface area contributed by atoms with Crippen molar-refractivity contribution < 1.29 is 9.47 Å². The number of benzene rings is 7. The molecule has 254 valence electrons. The van der Waals surface area contributed by atoms with E-state index < -0.39 is 8.07 Å². The smallest absolute Gasteiger partial charge is 0.196 e. The number of allylic oxidation sites excluding steroid dienone is 5.